The summed E-state index contributed by atoms with van der Waals surface area (Å²) in [7, 11) is 3.13. The first kappa shape index (κ1) is 27.4. The van der Waals surface area contributed by atoms with E-state index in [1.165, 1.54) is 95.9 Å². The largest absolute Gasteiger partial charge is 0.476 e. The summed E-state index contributed by atoms with van der Waals surface area (Å²) in [6.07, 6.45) is 20.5. The van der Waals surface area contributed by atoms with Crippen LogP contribution in [0.3, 0.4) is 0 Å². The number of nitrogens with zero attached hydrogens (tertiary/aromatic N) is 4. The molecule has 8 heteroatoms. The van der Waals surface area contributed by atoms with Gasteiger partial charge in [-0.05, 0) is 12.7 Å². The smallest absolute Gasteiger partial charge is 0.359 e. The monoisotopic (exact) mass is 478 g/mol. The number of ether oxygens (including phenoxy) is 2. The average molecular weight is 479 g/mol. The normalized spacial score (nSPS) is 11.3. The van der Waals surface area contributed by atoms with Crippen LogP contribution in [0.1, 0.15) is 107 Å². The third-order valence-corrected chi connectivity index (χ3v) is 6.46. The van der Waals surface area contributed by atoms with Crippen LogP contribution in [0.5, 0.6) is 5.88 Å². The van der Waals surface area contributed by atoms with E-state index in [1.54, 1.807) is 11.7 Å². The van der Waals surface area contributed by atoms with Gasteiger partial charge < -0.3 is 9.47 Å². The minimum Gasteiger partial charge on any atom is -0.476 e. The Balaban J connectivity index is 1.64. The van der Waals surface area contributed by atoms with Crippen molar-refractivity contribution in [3.05, 3.63) is 5.69 Å². The first-order valence-corrected chi connectivity index (χ1v) is 13.8. The number of methoxy groups -OCH3 is 1. The van der Waals surface area contributed by atoms with Gasteiger partial charge in [-0.1, -0.05) is 102 Å². The van der Waals surface area contributed by atoms with Crippen LogP contribution in [-0.2, 0) is 11.8 Å². The van der Waals surface area contributed by atoms with Crippen molar-refractivity contribution in [1.82, 2.24) is 19.7 Å². The molecule has 0 N–H and O–H groups in total. The quantitative estimate of drug-likeness (QED) is 0.102. The van der Waals surface area contributed by atoms with Crippen molar-refractivity contribution >= 4 is 28.8 Å². The SMILES string of the molecule is CCCCCCCCCCCCCCCCOc1c2nc(SC)nc(C(=O)OC)c2nn1C. The molecule has 33 heavy (non-hydrogen) atoms. The van der Waals surface area contributed by atoms with Crippen molar-refractivity contribution in [1.29, 1.82) is 0 Å². The summed E-state index contributed by atoms with van der Waals surface area (Å²) in [5.41, 5.74) is 1.15. The Hall–Kier alpha value is -1.83. The van der Waals surface area contributed by atoms with Crippen LogP contribution in [0.2, 0.25) is 0 Å². The summed E-state index contributed by atoms with van der Waals surface area (Å²) >= 11 is 1.37. The average Bonchev–Trinajstić information content (AvgIpc) is 3.15. The number of hydrogen-bond acceptors (Lipinski definition) is 7. The fourth-order valence-electron chi connectivity index (χ4n) is 3.98. The fourth-order valence-corrected chi connectivity index (χ4v) is 4.35. The van der Waals surface area contributed by atoms with E-state index in [0.717, 1.165) is 12.8 Å². The van der Waals surface area contributed by atoms with Gasteiger partial charge in [0, 0.05) is 7.05 Å². The molecule has 0 fully saturated rings. The van der Waals surface area contributed by atoms with Crippen LogP contribution in [0.4, 0.5) is 0 Å². The zero-order valence-electron chi connectivity index (χ0n) is 21.0. The first-order valence-electron chi connectivity index (χ1n) is 12.6. The Kier molecular flexibility index (Phi) is 13.2. The fraction of sp³-hybridized carbons (Fsp3) is 0.760. The summed E-state index contributed by atoms with van der Waals surface area (Å²) < 4.78 is 12.5. The highest BCUT2D eigenvalue weighted by Gasteiger charge is 2.22. The van der Waals surface area contributed by atoms with Gasteiger partial charge in [0.1, 0.15) is 5.52 Å². The second-order valence-corrected chi connectivity index (χ2v) is 9.39. The number of unbranched alkanes of at least 4 members (excludes halogenated alkanes) is 13. The zero-order valence-corrected chi connectivity index (χ0v) is 21.8. The van der Waals surface area contributed by atoms with Gasteiger partial charge in [0.2, 0.25) is 5.88 Å². The lowest BCUT2D eigenvalue weighted by atomic mass is 10.0. The predicted octanol–water partition coefficient (Wildman–Crippen LogP) is 6.73. The summed E-state index contributed by atoms with van der Waals surface area (Å²) in [6.45, 7) is 2.88. The number of hydrogen-bond donors (Lipinski definition) is 0. The van der Waals surface area contributed by atoms with E-state index in [-0.39, 0.29) is 5.69 Å². The van der Waals surface area contributed by atoms with Gasteiger partial charge in [0.05, 0.1) is 13.7 Å². The molecule has 0 bridgehead atoms. The predicted molar refractivity (Wildman–Crippen MR) is 135 cm³/mol. The second kappa shape index (κ2) is 15.9. The molecule has 0 atom stereocenters. The van der Waals surface area contributed by atoms with E-state index in [0.29, 0.717) is 28.7 Å². The van der Waals surface area contributed by atoms with Gasteiger partial charge in [-0.15, -0.1) is 0 Å². The van der Waals surface area contributed by atoms with Gasteiger partial charge in [-0.25, -0.2) is 19.4 Å². The highest BCUT2D eigenvalue weighted by Crippen LogP contribution is 2.27. The number of aryl methyl sites for hydroxylation is 1. The summed E-state index contributed by atoms with van der Waals surface area (Å²) in [6, 6.07) is 0. The molecule has 0 aromatic carbocycles. The molecule has 0 saturated heterocycles. The standard InChI is InChI=1S/C25H42N4O3S/c1-5-6-7-8-9-10-11-12-13-14-15-16-17-18-19-32-23-21-20(28-29(23)2)22(24(30)31-3)27-25(26-21)33-4/h5-19H2,1-4H3. The van der Waals surface area contributed by atoms with E-state index >= 15 is 0 Å². The number of fused-ring (bicyclic) bond motifs is 1. The van der Waals surface area contributed by atoms with E-state index in [2.05, 4.69) is 22.0 Å². The van der Waals surface area contributed by atoms with Crippen LogP contribution < -0.4 is 4.74 Å². The Morgan fingerprint density at radius 3 is 1.91 bits per heavy atom. The molecule has 0 unspecified atom stereocenters. The molecule has 0 spiro atoms. The van der Waals surface area contributed by atoms with Crippen molar-refractivity contribution in [3.63, 3.8) is 0 Å². The molecule has 0 aliphatic carbocycles. The molecule has 7 nitrogen and oxygen atoms in total. The molecule has 186 valence electrons. The lowest BCUT2D eigenvalue weighted by Crippen LogP contribution is -2.07. The molecule has 2 aromatic heterocycles. The summed E-state index contributed by atoms with van der Waals surface area (Å²) in [5, 5.41) is 4.90. The highest BCUT2D eigenvalue weighted by molar-refractivity contribution is 7.98. The maximum absolute atomic E-state index is 12.1. The minimum absolute atomic E-state index is 0.175. The lowest BCUT2D eigenvalue weighted by molar-refractivity contribution is 0.0595. The van der Waals surface area contributed by atoms with Crippen molar-refractivity contribution < 1.29 is 14.3 Å². The molecule has 0 amide bonds. The van der Waals surface area contributed by atoms with Crippen LogP contribution in [0.25, 0.3) is 11.0 Å². The molecular weight excluding hydrogens is 436 g/mol. The second-order valence-electron chi connectivity index (χ2n) is 8.62. The summed E-state index contributed by atoms with van der Waals surface area (Å²) in [4.78, 5) is 20.9. The van der Waals surface area contributed by atoms with Gasteiger partial charge in [0.25, 0.3) is 0 Å². The molecule has 2 rings (SSSR count). The van der Waals surface area contributed by atoms with Crippen molar-refractivity contribution in [2.24, 2.45) is 7.05 Å². The molecule has 0 aliphatic heterocycles. The van der Waals surface area contributed by atoms with Crippen LogP contribution >= 0.6 is 11.8 Å². The third kappa shape index (κ3) is 9.14. The number of carbonyl (C=O) groups is 1. The Labute approximate surface area is 203 Å². The van der Waals surface area contributed by atoms with Gasteiger partial charge >= 0.3 is 5.97 Å². The number of carbonyl (C=O) groups excluding carboxylic acids is 1. The molecule has 2 aromatic rings. The maximum Gasteiger partial charge on any atom is 0.359 e. The van der Waals surface area contributed by atoms with Crippen molar-refractivity contribution in [3.8, 4) is 5.88 Å². The van der Waals surface area contributed by atoms with Gasteiger partial charge in [0.15, 0.2) is 16.4 Å². The topological polar surface area (TPSA) is 79.1 Å². The lowest BCUT2D eigenvalue weighted by Gasteiger charge is -2.07. The van der Waals surface area contributed by atoms with E-state index in [4.69, 9.17) is 9.47 Å². The van der Waals surface area contributed by atoms with Crippen molar-refractivity contribution in [2.75, 3.05) is 20.0 Å². The Morgan fingerprint density at radius 1 is 0.848 bits per heavy atom. The van der Waals surface area contributed by atoms with Gasteiger partial charge in [-0.3, -0.25) is 0 Å². The number of rotatable bonds is 18. The van der Waals surface area contributed by atoms with Crippen LogP contribution in [-0.4, -0.2) is 45.7 Å². The minimum atomic E-state index is -0.519. The van der Waals surface area contributed by atoms with Crippen molar-refractivity contribution in [2.45, 2.75) is 102 Å². The zero-order chi connectivity index (χ0) is 23.9. The molecule has 0 saturated carbocycles. The highest BCUT2D eigenvalue weighted by atomic mass is 32.2. The van der Waals surface area contributed by atoms with E-state index in [9.17, 15) is 4.79 Å². The molecule has 0 aliphatic rings. The molecular formula is C25H42N4O3S. The summed E-state index contributed by atoms with van der Waals surface area (Å²) in [5.74, 6) is 0.0527. The number of aromatic nitrogens is 4. The van der Waals surface area contributed by atoms with Crippen LogP contribution in [0, 0.1) is 0 Å². The molecule has 2 heterocycles. The molecule has 0 radical (unpaired) electrons. The van der Waals surface area contributed by atoms with E-state index in [1.807, 2.05) is 6.26 Å². The number of esters is 1. The van der Waals surface area contributed by atoms with Gasteiger partial charge in [-0.2, -0.15) is 5.10 Å². The Bertz CT molecular complexity index is 841. The number of thioether (sulfide) groups is 1. The third-order valence-electron chi connectivity index (χ3n) is 5.91. The maximum atomic E-state index is 12.1. The first-order chi connectivity index (χ1) is 16.1. The van der Waals surface area contributed by atoms with E-state index < -0.39 is 5.97 Å². The Morgan fingerprint density at radius 2 is 1.39 bits per heavy atom. The van der Waals surface area contributed by atoms with Crippen LogP contribution in [0.15, 0.2) is 5.16 Å².